The van der Waals surface area contributed by atoms with Gasteiger partial charge in [-0.1, -0.05) is 40.2 Å². The molecule has 4 rings (SSSR count). The highest BCUT2D eigenvalue weighted by Gasteiger charge is 2.19. The van der Waals surface area contributed by atoms with Crippen LogP contribution in [0.3, 0.4) is 0 Å². The lowest BCUT2D eigenvalue weighted by Crippen LogP contribution is -2.17. The number of thiazole rings is 1. The minimum Gasteiger partial charge on any atom is -0.461 e. The van der Waals surface area contributed by atoms with Crippen molar-refractivity contribution in [2.24, 2.45) is 4.40 Å². The fourth-order valence-electron chi connectivity index (χ4n) is 3.16. The summed E-state index contributed by atoms with van der Waals surface area (Å²) in [5, 5.41) is 2.88. The second-order valence-electron chi connectivity index (χ2n) is 6.35. The minimum atomic E-state index is -3.84. The molecule has 5 nitrogen and oxygen atoms in total. The largest absolute Gasteiger partial charge is 0.461 e. The second kappa shape index (κ2) is 7.78. The number of benzene rings is 2. The zero-order valence-electron chi connectivity index (χ0n) is 15.5. The Kier molecular flexibility index (Phi) is 5.33. The van der Waals surface area contributed by atoms with E-state index in [0.29, 0.717) is 11.3 Å². The number of aryl methyl sites for hydroxylation is 1. The van der Waals surface area contributed by atoms with Crippen molar-refractivity contribution in [3.63, 3.8) is 0 Å². The number of hydrogen-bond donors (Lipinski definition) is 0. The van der Waals surface area contributed by atoms with Crippen LogP contribution in [0.15, 0.2) is 84.7 Å². The first-order valence-corrected chi connectivity index (χ1v) is 11.9. The quantitative estimate of drug-likeness (QED) is 0.348. The number of fused-ring (bicyclic) bond motifs is 1. The fourth-order valence-corrected chi connectivity index (χ4v) is 5.54. The van der Waals surface area contributed by atoms with Gasteiger partial charge in [-0.25, -0.2) is 0 Å². The molecule has 0 spiro atoms. The third-order valence-electron chi connectivity index (χ3n) is 4.45. The normalized spacial score (nSPS) is 12.6. The van der Waals surface area contributed by atoms with Crippen LogP contribution in [0.2, 0.25) is 0 Å². The predicted molar refractivity (Wildman–Crippen MR) is 119 cm³/mol. The van der Waals surface area contributed by atoms with E-state index >= 15 is 0 Å². The van der Waals surface area contributed by atoms with Gasteiger partial charge in [-0.15, -0.1) is 22.3 Å². The average molecular weight is 489 g/mol. The molecule has 0 aliphatic rings. The van der Waals surface area contributed by atoms with Crippen LogP contribution >= 0.6 is 27.3 Å². The van der Waals surface area contributed by atoms with Crippen molar-refractivity contribution in [3.8, 4) is 11.3 Å². The Bertz CT molecular complexity index is 1380. The molecule has 0 fully saturated rings. The van der Waals surface area contributed by atoms with Crippen LogP contribution in [0.25, 0.3) is 22.2 Å². The lowest BCUT2D eigenvalue weighted by atomic mass is 10.1. The van der Waals surface area contributed by atoms with Crippen molar-refractivity contribution in [2.45, 2.75) is 18.4 Å². The summed E-state index contributed by atoms with van der Waals surface area (Å²) < 4.78 is 38.3. The maximum atomic E-state index is 12.8. The highest BCUT2D eigenvalue weighted by molar-refractivity contribution is 9.10. The molecule has 0 saturated heterocycles. The third-order valence-corrected chi connectivity index (χ3v) is 7.24. The molecule has 2 heterocycles. The van der Waals surface area contributed by atoms with E-state index in [1.165, 1.54) is 23.5 Å². The van der Waals surface area contributed by atoms with Crippen molar-refractivity contribution in [1.29, 1.82) is 0 Å². The Labute approximate surface area is 180 Å². The summed E-state index contributed by atoms with van der Waals surface area (Å²) in [7, 11) is -3.84. The molecule has 8 heteroatoms. The molecule has 0 radical (unpaired) electrons. The number of hydrogen-bond acceptors (Lipinski definition) is 4. The molecule has 148 valence electrons. The molecule has 2 aromatic carbocycles. The number of rotatable bonds is 5. The summed E-state index contributed by atoms with van der Waals surface area (Å²) in [5.74, 6) is 0.768. The standard InChI is InChI=1S/C21H17BrN2O3S2/c1-3-12-24-18(20-14(2)27-19-7-5-4-6-17(19)20)13-28-21(24)23-29(25,26)16-10-8-15(22)9-11-16/h3-11,13H,1,12H2,2H3. The van der Waals surface area contributed by atoms with Gasteiger partial charge in [0.15, 0.2) is 0 Å². The summed E-state index contributed by atoms with van der Waals surface area (Å²) in [4.78, 5) is 0.526. The lowest BCUT2D eigenvalue weighted by molar-refractivity contribution is 0.579. The van der Waals surface area contributed by atoms with Gasteiger partial charge < -0.3 is 8.98 Å². The van der Waals surface area contributed by atoms with Crippen LogP contribution < -0.4 is 4.80 Å². The Balaban J connectivity index is 1.92. The molecule has 0 aliphatic heterocycles. The van der Waals surface area contributed by atoms with Crippen molar-refractivity contribution in [1.82, 2.24) is 4.57 Å². The van der Waals surface area contributed by atoms with Gasteiger partial charge in [-0.2, -0.15) is 8.42 Å². The molecule has 0 atom stereocenters. The summed E-state index contributed by atoms with van der Waals surface area (Å²) in [6, 6.07) is 14.2. The predicted octanol–water partition coefficient (Wildman–Crippen LogP) is 5.51. The Morgan fingerprint density at radius 1 is 1.21 bits per heavy atom. The molecule has 29 heavy (non-hydrogen) atoms. The summed E-state index contributed by atoms with van der Waals surface area (Å²) in [6.45, 7) is 6.14. The Hall–Kier alpha value is -2.42. The van der Waals surface area contributed by atoms with E-state index in [4.69, 9.17) is 4.42 Å². The Morgan fingerprint density at radius 3 is 2.66 bits per heavy atom. The van der Waals surface area contributed by atoms with Crippen LogP contribution in [0.4, 0.5) is 0 Å². The average Bonchev–Trinajstić information content (AvgIpc) is 3.21. The first kappa shape index (κ1) is 19.9. The van der Waals surface area contributed by atoms with Crippen molar-refractivity contribution < 1.29 is 12.8 Å². The van der Waals surface area contributed by atoms with E-state index in [1.54, 1.807) is 18.2 Å². The summed E-state index contributed by atoms with van der Waals surface area (Å²) in [6.07, 6.45) is 1.72. The van der Waals surface area contributed by atoms with Crippen LogP contribution in [-0.4, -0.2) is 13.0 Å². The van der Waals surface area contributed by atoms with Gasteiger partial charge >= 0.3 is 0 Å². The van der Waals surface area contributed by atoms with Gasteiger partial charge in [-0.05, 0) is 37.3 Å². The van der Waals surface area contributed by atoms with Gasteiger partial charge in [0.1, 0.15) is 11.3 Å². The molecule has 4 aromatic rings. The highest BCUT2D eigenvalue weighted by Crippen LogP contribution is 2.34. The van der Waals surface area contributed by atoms with E-state index in [1.807, 2.05) is 41.1 Å². The summed E-state index contributed by atoms with van der Waals surface area (Å²) >= 11 is 4.59. The van der Waals surface area contributed by atoms with E-state index < -0.39 is 10.0 Å². The molecule has 0 saturated carbocycles. The minimum absolute atomic E-state index is 0.144. The Morgan fingerprint density at radius 2 is 1.93 bits per heavy atom. The van der Waals surface area contributed by atoms with Gasteiger partial charge in [0.05, 0.1) is 10.6 Å². The fraction of sp³-hybridized carbons (Fsp3) is 0.0952. The van der Waals surface area contributed by atoms with Crippen molar-refractivity contribution in [2.75, 3.05) is 0 Å². The number of sulfonamides is 1. The monoisotopic (exact) mass is 488 g/mol. The number of nitrogens with zero attached hydrogens (tertiary/aromatic N) is 2. The van der Waals surface area contributed by atoms with Crippen LogP contribution in [-0.2, 0) is 16.6 Å². The number of allylic oxidation sites excluding steroid dienone is 1. The first-order chi connectivity index (χ1) is 13.9. The SMILES string of the molecule is C=CCn1c(-c2c(C)oc3ccccc23)csc1=NS(=O)(=O)c1ccc(Br)cc1. The number of para-hydroxylation sites is 1. The number of aromatic nitrogens is 1. The zero-order chi connectivity index (χ0) is 20.6. The third kappa shape index (κ3) is 3.75. The van der Waals surface area contributed by atoms with Gasteiger partial charge in [0.25, 0.3) is 10.0 Å². The van der Waals surface area contributed by atoms with Crippen molar-refractivity contribution >= 4 is 48.3 Å². The van der Waals surface area contributed by atoms with E-state index in [9.17, 15) is 8.42 Å². The second-order valence-corrected chi connectivity index (χ2v) is 9.71. The van der Waals surface area contributed by atoms with Gasteiger partial charge in [0.2, 0.25) is 4.80 Å². The molecule has 0 unspecified atom stereocenters. The lowest BCUT2D eigenvalue weighted by Gasteiger charge is -2.06. The molecule has 0 aliphatic carbocycles. The maximum Gasteiger partial charge on any atom is 0.285 e. The summed E-state index contributed by atoms with van der Waals surface area (Å²) in [5.41, 5.74) is 2.57. The smallest absolute Gasteiger partial charge is 0.285 e. The topological polar surface area (TPSA) is 64.6 Å². The van der Waals surface area contributed by atoms with E-state index in [0.717, 1.165) is 32.5 Å². The van der Waals surface area contributed by atoms with E-state index in [2.05, 4.69) is 26.9 Å². The van der Waals surface area contributed by atoms with Gasteiger partial charge in [0, 0.05) is 27.3 Å². The molecule has 0 N–H and O–H groups in total. The number of halogens is 1. The first-order valence-electron chi connectivity index (χ1n) is 8.75. The van der Waals surface area contributed by atoms with Crippen LogP contribution in [0, 0.1) is 6.92 Å². The molecular formula is C21H17BrN2O3S2. The molecule has 0 bridgehead atoms. The van der Waals surface area contributed by atoms with Crippen LogP contribution in [0.1, 0.15) is 5.76 Å². The van der Waals surface area contributed by atoms with Crippen LogP contribution in [0.5, 0.6) is 0 Å². The molecule has 0 amide bonds. The number of furan rings is 1. The zero-order valence-corrected chi connectivity index (χ0v) is 18.7. The van der Waals surface area contributed by atoms with Crippen molar-refractivity contribution in [3.05, 3.63) is 81.6 Å². The van der Waals surface area contributed by atoms with E-state index in [-0.39, 0.29) is 4.90 Å². The molecular weight excluding hydrogens is 472 g/mol. The highest BCUT2D eigenvalue weighted by atomic mass is 79.9. The molecule has 2 aromatic heterocycles. The van der Waals surface area contributed by atoms with Gasteiger partial charge in [-0.3, -0.25) is 0 Å². The maximum absolute atomic E-state index is 12.8.